The van der Waals surface area contributed by atoms with E-state index in [0.717, 1.165) is 24.0 Å². The second kappa shape index (κ2) is 8.95. The van der Waals surface area contributed by atoms with Gasteiger partial charge in [-0.15, -0.1) is 0 Å². The number of carboxylic acids is 1. The minimum Gasteiger partial charge on any atom is -0.493 e. The van der Waals surface area contributed by atoms with Crippen LogP contribution < -0.4 is 4.74 Å². The molecule has 0 amide bonds. The maximum absolute atomic E-state index is 12.8. The van der Waals surface area contributed by atoms with E-state index in [-0.39, 0.29) is 5.92 Å². The average molecular weight is 405 g/mol. The summed E-state index contributed by atoms with van der Waals surface area (Å²) in [6, 6.07) is 10.6. The van der Waals surface area contributed by atoms with Gasteiger partial charge < -0.3 is 9.84 Å². The van der Waals surface area contributed by atoms with E-state index >= 15 is 0 Å². The number of ether oxygens (including phenoxy) is 1. The predicted octanol–water partition coefficient (Wildman–Crippen LogP) is 6.48. The van der Waals surface area contributed by atoms with Gasteiger partial charge in [0.1, 0.15) is 12.4 Å². The summed E-state index contributed by atoms with van der Waals surface area (Å²) >= 11 is 6.61. The molecule has 2 aromatic rings. The highest BCUT2D eigenvalue weighted by Gasteiger charge is 2.26. The first-order valence-electron chi connectivity index (χ1n) is 9.73. The molecule has 150 valence electrons. The van der Waals surface area contributed by atoms with Crippen molar-refractivity contribution in [2.24, 2.45) is 11.8 Å². The van der Waals surface area contributed by atoms with Crippen LogP contribution >= 0.6 is 11.6 Å². The molecule has 0 aliphatic heterocycles. The van der Waals surface area contributed by atoms with E-state index in [1.807, 2.05) is 32.0 Å². The van der Waals surface area contributed by atoms with Gasteiger partial charge in [-0.3, -0.25) is 4.79 Å². The molecule has 2 aromatic carbocycles. The van der Waals surface area contributed by atoms with E-state index in [9.17, 15) is 14.3 Å². The van der Waals surface area contributed by atoms with Crippen LogP contribution in [0.4, 0.5) is 4.39 Å². The summed E-state index contributed by atoms with van der Waals surface area (Å²) < 4.78 is 18.9. The van der Waals surface area contributed by atoms with Crippen molar-refractivity contribution in [1.29, 1.82) is 0 Å². The zero-order valence-electron chi connectivity index (χ0n) is 16.3. The van der Waals surface area contributed by atoms with Crippen LogP contribution in [0.1, 0.15) is 50.2 Å². The fraction of sp³-hybridized carbons (Fsp3) is 0.435. The minimum atomic E-state index is -0.863. The number of aliphatic carboxylic acids is 1. The highest BCUT2D eigenvalue weighted by atomic mass is 35.5. The minimum absolute atomic E-state index is 0.239. The molecule has 0 heterocycles. The van der Waals surface area contributed by atoms with E-state index in [4.69, 9.17) is 16.3 Å². The number of carbonyl (C=O) groups is 1. The molecule has 5 heteroatoms. The Morgan fingerprint density at radius 3 is 2.46 bits per heavy atom. The maximum Gasteiger partial charge on any atom is 0.310 e. The summed E-state index contributed by atoms with van der Waals surface area (Å²) in [4.78, 5) is 11.8. The summed E-state index contributed by atoms with van der Waals surface area (Å²) in [5, 5.41) is 10.2. The molecule has 1 fully saturated rings. The van der Waals surface area contributed by atoms with Crippen LogP contribution in [-0.4, -0.2) is 17.7 Å². The number of hydrogen-bond acceptors (Lipinski definition) is 2. The predicted molar refractivity (Wildman–Crippen MR) is 110 cm³/mol. The van der Waals surface area contributed by atoms with Gasteiger partial charge in [0, 0.05) is 5.56 Å². The Bertz CT molecular complexity index is 828. The average Bonchev–Trinajstić information content (AvgIpc) is 3.48. The van der Waals surface area contributed by atoms with E-state index < -0.39 is 18.6 Å². The summed E-state index contributed by atoms with van der Waals surface area (Å²) in [6.07, 6.45) is 2.83. The third-order valence-electron chi connectivity index (χ3n) is 5.05. The number of carboxylic acid groups (broad SMARTS) is 1. The topological polar surface area (TPSA) is 46.5 Å². The van der Waals surface area contributed by atoms with Gasteiger partial charge in [0.2, 0.25) is 0 Å². The quantitative estimate of drug-likeness (QED) is 0.520. The molecule has 0 saturated heterocycles. The van der Waals surface area contributed by atoms with Gasteiger partial charge in [-0.2, -0.15) is 0 Å². The molecule has 1 saturated carbocycles. The molecule has 0 bridgehead atoms. The van der Waals surface area contributed by atoms with Gasteiger partial charge in [0.05, 0.1) is 17.5 Å². The van der Waals surface area contributed by atoms with E-state index in [1.165, 1.54) is 0 Å². The Hall–Kier alpha value is -2.07. The lowest BCUT2D eigenvalue weighted by Gasteiger charge is -2.20. The van der Waals surface area contributed by atoms with E-state index in [2.05, 4.69) is 0 Å². The van der Waals surface area contributed by atoms with Crippen molar-refractivity contribution >= 4 is 17.6 Å². The maximum atomic E-state index is 12.8. The van der Waals surface area contributed by atoms with Crippen molar-refractivity contribution in [3.8, 4) is 16.9 Å². The Morgan fingerprint density at radius 2 is 1.93 bits per heavy atom. The van der Waals surface area contributed by atoms with Crippen LogP contribution in [0.5, 0.6) is 5.75 Å². The van der Waals surface area contributed by atoms with Gasteiger partial charge in [0.15, 0.2) is 0 Å². The van der Waals surface area contributed by atoms with Gasteiger partial charge in [-0.1, -0.05) is 49.7 Å². The lowest BCUT2D eigenvalue weighted by atomic mass is 9.89. The first-order valence-corrected chi connectivity index (χ1v) is 10.1. The first kappa shape index (κ1) is 20.7. The van der Waals surface area contributed by atoms with Crippen molar-refractivity contribution < 1.29 is 19.0 Å². The monoisotopic (exact) mass is 404 g/mol. The van der Waals surface area contributed by atoms with Crippen LogP contribution in [-0.2, 0) is 11.5 Å². The number of hydrogen-bond donors (Lipinski definition) is 1. The van der Waals surface area contributed by atoms with Crippen LogP contribution in [0.3, 0.4) is 0 Å². The van der Waals surface area contributed by atoms with Crippen LogP contribution in [0.2, 0.25) is 5.02 Å². The zero-order valence-corrected chi connectivity index (χ0v) is 17.0. The SMILES string of the molecule is CC(C)CC(C(=O)O)c1cc(Cl)c(-c2ccc(CF)cc2)c(OCC2CC2)c1. The molecular formula is C23H26ClFO3. The molecule has 0 aromatic heterocycles. The van der Waals surface area contributed by atoms with Crippen molar-refractivity contribution in [2.75, 3.05) is 6.61 Å². The van der Waals surface area contributed by atoms with Crippen LogP contribution in [0.25, 0.3) is 11.1 Å². The number of alkyl halides is 1. The summed E-state index contributed by atoms with van der Waals surface area (Å²) in [5.74, 6) is -0.113. The van der Waals surface area contributed by atoms with Crippen molar-refractivity contribution in [2.45, 2.75) is 45.7 Å². The number of benzene rings is 2. The molecule has 1 aliphatic carbocycles. The first-order chi connectivity index (χ1) is 13.4. The number of rotatable bonds is 9. The van der Waals surface area contributed by atoms with Gasteiger partial charge in [0.25, 0.3) is 0 Å². The van der Waals surface area contributed by atoms with E-state index in [0.29, 0.717) is 40.8 Å². The summed E-state index contributed by atoms with van der Waals surface area (Å²) in [6.45, 7) is 4.08. The highest BCUT2D eigenvalue weighted by molar-refractivity contribution is 6.33. The zero-order chi connectivity index (χ0) is 20.3. The van der Waals surface area contributed by atoms with Crippen LogP contribution in [0.15, 0.2) is 36.4 Å². The highest BCUT2D eigenvalue weighted by Crippen LogP contribution is 2.41. The third kappa shape index (κ3) is 5.05. The summed E-state index contributed by atoms with van der Waals surface area (Å²) in [7, 11) is 0. The Balaban J connectivity index is 2.03. The lowest BCUT2D eigenvalue weighted by Crippen LogP contribution is -2.14. The second-order valence-corrected chi connectivity index (χ2v) is 8.39. The molecular weight excluding hydrogens is 379 g/mol. The Kier molecular flexibility index (Phi) is 6.61. The molecule has 0 radical (unpaired) electrons. The van der Waals surface area contributed by atoms with Crippen molar-refractivity contribution in [3.63, 3.8) is 0 Å². The van der Waals surface area contributed by atoms with Crippen molar-refractivity contribution in [3.05, 3.63) is 52.5 Å². The standard InChI is InChI=1S/C23H26ClFO3/c1-14(2)9-19(23(26)27)18-10-20(24)22(17-7-5-15(12-25)6-8-17)21(11-18)28-13-16-3-4-16/h5-8,10-11,14,16,19H,3-4,9,12-13H2,1-2H3,(H,26,27). The third-order valence-corrected chi connectivity index (χ3v) is 5.35. The molecule has 0 spiro atoms. The fourth-order valence-electron chi connectivity index (χ4n) is 3.30. The molecule has 1 N–H and O–H groups in total. The van der Waals surface area contributed by atoms with Gasteiger partial charge >= 0.3 is 5.97 Å². The molecule has 3 nitrogen and oxygen atoms in total. The van der Waals surface area contributed by atoms with Crippen LogP contribution in [0, 0.1) is 11.8 Å². The number of halogens is 2. The second-order valence-electron chi connectivity index (χ2n) is 7.98. The molecule has 3 rings (SSSR count). The lowest BCUT2D eigenvalue weighted by molar-refractivity contribution is -0.139. The fourth-order valence-corrected chi connectivity index (χ4v) is 3.63. The van der Waals surface area contributed by atoms with E-state index in [1.54, 1.807) is 18.2 Å². The Morgan fingerprint density at radius 1 is 1.25 bits per heavy atom. The molecule has 1 atom stereocenters. The van der Waals surface area contributed by atoms with Crippen molar-refractivity contribution in [1.82, 2.24) is 0 Å². The molecule has 28 heavy (non-hydrogen) atoms. The normalized spacial score (nSPS) is 14.9. The molecule has 1 aliphatic rings. The summed E-state index contributed by atoms with van der Waals surface area (Å²) in [5.41, 5.74) is 2.81. The van der Waals surface area contributed by atoms with Gasteiger partial charge in [-0.05, 0) is 59.9 Å². The molecule has 1 unspecified atom stereocenters. The smallest absolute Gasteiger partial charge is 0.310 e. The Labute approximate surface area is 170 Å². The van der Waals surface area contributed by atoms with Gasteiger partial charge in [-0.25, -0.2) is 4.39 Å². The largest absolute Gasteiger partial charge is 0.493 e.